The molecule has 0 aliphatic rings. The molecule has 1 rings (SSSR count). The maximum atomic E-state index is 6.28. The zero-order valence-corrected chi connectivity index (χ0v) is 10.7. The summed E-state index contributed by atoms with van der Waals surface area (Å²) in [7, 11) is -1.59. The van der Waals surface area contributed by atoms with Gasteiger partial charge in [-0.25, -0.2) is 0 Å². The third-order valence-electron chi connectivity index (χ3n) is 1.80. The van der Waals surface area contributed by atoms with Crippen molar-refractivity contribution in [2.75, 3.05) is 0 Å². The fraction of sp³-hybridized carbons (Fsp3) is 0.444. The smallest absolute Gasteiger partial charge is 0.169 e. The summed E-state index contributed by atoms with van der Waals surface area (Å²) in [6.07, 6.45) is 0.889. The van der Waals surface area contributed by atoms with Crippen molar-refractivity contribution >= 4 is 30.7 Å². The number of aromatic nitrogens is 1. The highest BCUT2D eigenvalue weighted by Gasteiger charge is 2.18. The Bertz CT molecular complexity index is 353. The largest absolute Gasteiger partial charge is 0.338 e. The molecule has 0 saturated heterocycles. The van der Waals surface area contributed by atoms with E-state index in [0.717, 1.165) is 10.8 Å². The van der Waals surface area contributed by atoms with Crippen LogP contribution in [0.2, 0.25) is 13.1 Å². The number of pyridine rings is 1. The maximum Gasteiger partial charge on any atom is 0.169 e. The second-order valence-corrected chi connectivity index (χ2v) is 11.1. The van der Waals surface area contributed by atoms with Crippen molar-refractivity contribution in [1.29, 1.82) is 0 Å². The molecule has 1 aromatic rings. The van der Waals surface area contributed by atoms with Crippen molar-refractivity contribution < 1.29 is 0 Å². The minimum absolute atomic E-state index is 0.876. The molecule has 1 aromatic heterocycles. The molecule has 0 amide bonds. The number of hydrogen-bond donors (Lipinski definition) is 0. The van der Waals surface area contributed by atoms with E-state index in [4.69, 9.17) is 23.3 Å². The van der Waals surface area contributed by atoms with Gasteiger partial charge in [-0.1, -0.05) is 31.4 Å². The predicted molar refractivity (Wildman–Crippen MR) is 63.3 cm³/mol. The molecule has 0 saturated carbocycles. The zero-order chi connectivity index (χ0) is 10.1. The zero-order valence-electron chi connectivity index (χ0n) is 8.17. The third kappa shape index (κ3) is 3.25. The molecule has 4 heteroatoms. The Morgan fingerprint density at radius 2 is 2.08 bits per heavy atom. The SMILES string of the molecule is Cc1cccc(=S)n1C[Si](C)(C)Cl. The lowest BCUT2D eigenvalue weighted by Crippen LogP contribution is -2.26. The number of hydrogen-bond acceptors (Lipinski definition) is 1. The Hall–Kier alpha value is -0.123. The van der Waals surface area contributed by atoms with Crippen molar-refractivity contribution in [3.8, 4) is 0 Å². The second kappa shape index (κ2) is 3.94. The lowest BCUT2D eigenvalue weighted by Gasteiger charge is -2.17. The maximum absolute atomic E-state index is 6.28. The molecule has 0 fully saturated rings. The fourth-order valence-corrected chi connectivity index (χ4v) is 3.13. The first kappa shape index (κ1) is 11.0. The summed E-state index contributed by atoms with van der Waals surface area (Å²) in [6.45, 7) is 6.32. The first-order valence-electron chi connectivity index (χ1n) is 4.25. The highest BCUT2D eigenvalue weighted by atomic mass is 35.6. The van der Waals surface area contributed by atoms with Crippen LogP contribution in [0.1, 0.15) is 5.69 Å². The van der Waals surface area contributed by atoms with Crippen LogP contribution in [0.25, 0.3) is 0 Å². The summed E-state index contributed by atoms with van der Waals surface area (Å²) in [6, 6.07) is 5.99. The third-order valence-corrected chi connectivity index (χ3v) is 3.59. The van der Waals surface area contributed by atoms with Gasteiger partial charge in [-0.2, -0.15) is 11.1 Å². The van der Waals surface area contributed by atoms with Crippen molar-refractivity contribution in [3.05, 3.63) is 28.5 Å². The molecule has 72 valence electrons. The summed E-state index contributed by atoms with van der Waals surface area (Å²) in [5, 5.41) is 0. The second-order valence-electron chi connectivity index (χ2n) is 3.81. The van der Waals surface area contributed by atoms with Gasteiger partial charge in [0.15, 0.2) is 7.38 Å². The molecule has 0 aliphatic carbocycles. The molecular formula is C9H14ClNSSi. The van der Waals surface area contributed by atoms with Crippen molar-refractivity contribution in [1.82, 2.24) is 4.57 Å². The van der Waals surface area contributed by atoms with Crippen LogP contribution in [0.4, 0.5) is 0 Å². The van der Waals surface area contributed by atoms with Crippen LogP contribution in [0, 0.1) is 11.6 Å². The fourth-order valence-electron chi connectivity index (χ4n) is 1.20. The van der Waals surface area contributed by atoms with E-state index in [1.54, 1.807) is 0 Å². The lowest BCUT2D eigenvalue weighted by molar-refractivity contribution is 0.799. The van der Waals surface area contributed by atoms with E-state index in [0.29, 0.717) is 0 Å². The van der Waals surface area contributed by atoms with Gasteiger partial charge in [-0.05, 0) is 19.1 Å². The first-order chi connectivity index (χ1) is 5.90. The monoisotopic (exact) mass is 231 g/mol. The molecule has 0 radical (unpaired) electrons. The van der Waals surface area contributed by atoms with Crippen LogP contribution < -0.4 is 0 Å². The van der Waals surface area contributed by atoms with Crippen LogP contribution in [0.3, 0.4) is 0 Å². The topological polar surface area (TPSA) is 4.93 Å². The summed E-state index contributed by atoms with van der Waals surface area (Å²) in [5.74, 6) is 0. The van der Waals surface area contributed by atoms with Gasteiger partial charge in [0, 0.05) is 11.9 Å². The molecule has 0 atom stereocenters. The molecule has 0 aliphatic heterocycles. The molecule has 13 heavy (non-hydrogen) atoms. The Labute approximate surface area is 90.1 Å². The Morgan fingerprint density at radius 1 is 1.46 bits per heavy atom. The number of rotatable bonds is 2. The van der Waals surface area contributed by atoms with E-state index in [1.165, 1.54) is 5.69 Å². The number of nitrogens with zero attached hydrogens (tertiary/aromatic N) is 1. The van der Waals surface area contributed by atoms with Crippen LogP contribution in [0.5, 0.6) is 0 Å². The van der Waals surface area contributed by atoms with E-state index < -0.39 is 7.38 Å². The molecule has 0 spiro atoms. The van der Waals surface area contributed by atoms with Gasteiger partial charge in [-0.15, -0.1) is 0 Å². The summed E-state index contributed by atoms with van der Waals surface area (Å²) in [5.41, 5.74) is 1.19. The highest BCUT2D eigenvalue weighted by Crippen LogP contribution is 2.13. The van der Waals surface area contributed by atoms with Gasteiger partial charge >= 0.3 is 0 Å². The standard InChI is InChI=1S/C9H14ClNSSi/c1-8-5-4-6-9(12)11(8)7-13(2,3)10/h4-6H,7H2,1-3H3. The van der Waals surface area contributed by atoms with E-state index in [2.05, 4.69) is 30.7 Å². The van der Waals surface area contributed by atoms with Gasteiger partial charge in [-0.3, -0.25) is 0 Å². The van der Waals surface area contributed by atoms with E-state index in [1.807, 2.05) is 12.1 Å². The molecule has 0 unspecified atom stereocenters. The van der Waals surface area contributed by atoms with Gasteiger partial charge in [0.2, 0.25) is 0 Å². The van der Waals surface area contributed by atoms with Crippen LogP contribution in [-0.2, 0) is 6.17 Å². The van der Waals surface area contributed by atoms with Gasteiger partial charge in [0.05, 0.1) is 0 Å². The number of halogens is 1. The normalized spacial score (nSPS) is 11.7. The van der Waals surface area contributed by atoms with Crippen LogP contribution in [0.15, 0.2) is 18.2 Å². The molecule has 0 bridgehead atoms. The average molecular weight is 232 g/mol. The van der Waals surface area contributed by atoms with E-state index in [-0.39, 0.29) is 0 Å². The van der Waals surface area contributed by atoms with Gasteiger partial charge < -0.3 is 4.57 Å². The van der Waals surface area contributed by atoms with Crippen LogP contribution >= 0.6 is 23.3 Å². The van der Waals surface area contributed by atoms with E-state index >= 15 is 0 Å². The minimum atomic E-state index is -1.59. The van der Waals surface area contributed by atoms with Crippen LogP contribution in [-0.4, -0.2) is 12.0 Å². The van der Waals surface area contributed by atoms with E-state index in [9.17, 15) is 0 Å². The lowest BCUT2D eigenvalue weighted by atomic mass is 10.4. The van der Waals surface area contributed by atoms with Gasteiger partial charge in [0.1, 0.15) is 4.64 Å². The molecule has 0 aromatic carbocycles. The van der Waals surface area contributed by atoms with Crippen molar-refractivity contribution in [2.24, 2.45) is 0 Å². The Balaban J connectivity index is 3.08. The summed E-state index contributed by atoms with van der Waals surface area (Å²) < 4.78 is 3.00. The first-order valence-corrected chi connectivity index (χ1v) is 8.88. The number of aryl methyl sites for hydroxylation is 1. The quantitative estimate of drug-likeness (QED) is 0.429. The van der Waals surface area contributed by atoms with Gasteiger partial charge in [0.25, 0.3) is 0 Å². The summed E-state index contributed by atoms with van der Waals surface area (Å²) in [4.78, 5) is 0. The molecule has 1 nitrogen and oxygen atoms in total. The minimum Gasteiger partial charge on any atom is -0.338 e. The van der Waals surface area contributed by atoms with Crippen molar-refractivity contribution in [3.63, 3.8) is 0 Å². The molecule has 0 N–H and O–H groups in total. The Morgan fingerprint density at radius 3 is 2.54 bits per heavy atom. The molecule has 1 heterocycles. The highest BCUT2D eigenvalue weighted by molar-refractivity contribution is 7.71. The summed E-state index contributed by atoms with van der Waals surface area (Å²) >= 11 is 11.5. The predicted octanol–water partition coefficient (Wildman–Crippen LogP) is 3.51. The average Bonchev–Trinajstić information content (AvgIpc) is 1.95. The molecular weight excluding hydrogens is 218 g/mol. The Kier molecular flexibility index (Phi) is 3.32. The van der Waals surface area contributed by atoms with Crippen molar-refractivity contribution in [2.45, 2.75) is 26.2 Å².